The fourth-order valence-corrected chi connectivity index (χ4v) is 5.44. The van der Waals surface area contributed by atoms with Crippen molar-refractivity contribution in [2.24, 2.45) is 0 Å². The summed E-state index contributed by atoms with van der Waals surface area (Å²) in [5.74, 6) is 0. The molecular formula is C11H12Cl3NO4S2. The first kappa shape index (κ1) is 17.1. The lowest BCUT2D eigenvalue weighted by Gasteiger charge is -2.16. The van der Waals surface area contributed by atoms with E-state index >= 15 is 0 Å². The van der Waals surface area contributed by atoms with E-state index in [-0.39, 0.29) is 20.6 Å². The second kappa shape index (κ2) is 6.12. The van der Waals surface area contributed by atoms with E-state index in [0.29, 0.717) is 12.8 Å². The molecule has 1 N–H and O–H groups in total. The molecule has 0 bridgehead atoms. The normalized spacial score (nSPS) is 17.1. The van der Waals surface area contributed by atoms with E-state index in [1.165, 1.54) is 0 Å². The van der Waals surface area contributed by atoms with Gasteiger partial charge < -0.3 is 0 Å². The molecule has 1 fully saturated rings. The zero-order chi connectivity index (χ0) is 15.8. The molecule has 10 heteroatoms. The number of anilines is 1. The standard InChI is InChI=1S/C11H12Cl3NO4S2/c12-9-5-8(20(14,16)17)6-10(13)11(9)15-21(18,19)7-3-1-2-4-7/h5-7,15H,1-4H2. The maximum absolute atomic E-state index is 12.2. The number of hydrogen-bond donors (Lipinski definition) is 1. The first-order valence-corrected chi connectivity index (χ1v) is 10.7. The smallest absolute Gasteiger partial charge is 0.261 e. The van der Waals surface area contributed by atoms with E-state index in [4.69, 9.17) is 33.9 Å². The van der Waals surface area contributed by atoms with Crippen LogP contribution in [-0.4, -0.2) is 22.1 Å². The van der Waals surface area contributed by atoms with E-state index in [9.17, 15) is 16.8 Å². The summed E-state index contributed by atoms with van der Waals surface area (Å²) in [4.78, 5) is -0.289. The Morgan fingerprint density at radius 3 is 1.90 bits per heavy atom. The fourth-order valence-electron chi connectivity index (χ4n) is 2.21. The van der Waals surface area contributed by atoms with Crippen molar-refractivity contribution >= 4 is 58.6 Å². The molecule has 5 nitrogen and oxygen atoms in total. The Balaban J connectivity index is 2.37. The third-order valence-corrected chi connectivity index (χ3v) is 7.05. The summed E-state index contributed by atoms with van der Waals surface area (Å²) in [5, 5.41) is -0.729. The molecule has 2 rings (SSSR count). The van der Waals surface area contributed by atoms with Gasteiger partial charge in [0, 0.05) is 10.7 Å². The number of nitrogens with one attached hydrogen (secondary N) is 1. The van der Waals surface area contributed by atoms with Crippen LogP contribution in [0.4, 0.5) is 5.69 Å². The van der Waals surface area contributed by atoms with Crippen molar-refractivity contribution in [3.63, 3.8) is 0 Å². The fraction of sp³-hybridized carbons (Fsp3) is 0.455. The third-order valence-electron chi connectivity index (χ3n) is 3.28. The molecular weight excluding hydrogens is 381 g/mol. The molecule has 21 heavy (non-hydrogen) atoms. The molecule has 118 valence electrons. The second-order valence-corrected chi connectivity index (χ2v) is 10.1. The summed E-state index contributed by atoms with van der Waals surface area (Å²) in [6.07, 6.45) is 2.88. The Morgan fingerprint density at radius 1 is 1.00 bits per heavy atom. The molecule has 1 aliphatic rings. The molecule has 0 atom stereocenters. The van der Waals surface area contributed by atoms with E-state index in [0.717, 1.165) is 25.0 Å². The van der Waals surface area contributed by atoms with Gasteiger partial charge in [-0.2, -0.15) is 0 Å². The Hall–Kier alpha value is -0.210. The summed E-state index contributed by atoms with van der Waals surface area (Å²) in [5.41, 5.74) is -0.0331. The number of sulfonamides is 1. The van der Waals surface area contributed by atoms with Gasteiger partial charge in [-0.25, -0.2) is 16.8 Å². The topological polar surface area (TPSA) is 80.3 Å². The molecule has 0 spiro atoms. The largest absolute Gasteiger partial charge is 0.280 e. The van der Waals surface area contributed by atoms with Crippen LogP contribution in [-0.2, 0) is 19.1 Å². The molecule has 1 aliphatic carbocycles. The molecule has 0 aliphatic heterocycles. The van der Waals surface area contributed by atoms with Crippen molar-refractivity contribution in [3.8, 4) is 0 Å². The Morgan fingerprint density at radius 2 is 1.48 bits per heavy atom. The molecule has 0 amide bonds. The van der Waals surface area contributed by atoms with Crippen LogP contribution in [0.1, 0.15) is 25.7 Å². The molecule has 0 saturated heterocycles. The van der Waals surface area contributed by atoms with Crippen molar-refractivity contribution in [2.45, 2.75) is 35.8 Å². The Bertz CT molecular complexity index is 733. The lowest BCUT2D eigenvalue weighted by molar-refractivity contribution is 0.585. The Labute approximate surface area is 138 Å². The lowest BCUT2D eigenvalue weighted by Crippen LogP contribution is -2.25. The van der Waals surface area contributed by atoms with Crippen LogP contribution in [0.3, 0.4) is 0 Å². The van der Waals surface area contributed by atoms with Gasteiger partial charge in [0.1, 0.15) is 0 Å². The molecule has 0 aromatic heterocycles. The van der Waals surface area contributed by atoms with Crippen LogP contribution in [0.5, 0.6) is 0 Å². The molecule has 0 heterocycles. The van der Waals surface area contributed by atoms with Crippen LogP contribution >= 0.6 is 33.9 Å². The summed E-state index contributed by atoms with van der Waals surface area (Å²) in [6.45, 7) is 0. The quantitative estimate of drug-likeness (QED) is 0.794. The van der Waals surface area contributed by atoms with Crippen LogP contribution in [0.25, 0.3) is 0 Å². The Kier molecular flexibility index (Phi) is 5.00. The van der Waals surface area contributed by atoms with Gasteiger partial charge in [0.15, 0.2) is 0 Å². The molecule has 0 unspecified atom stereocenters. The molecule has 1 aromatic carbocycles. The van der Waals surface area contributed by atoms with Gasteiger partial charge in [0.05, 0.1) is 25.9 Å². The lowest BCUT2D eigenvalue weighted by atomic mass is 10.3. The zero-order valence-electron chi connectivity index (χ0n) is 10.6. The highest BCUT2D eigenvalue weighted by Gasteiger charge is 2.30. The monoisotopic (exact) mass is 391 g/mol. The maximum atomic E-state index is 12.2. The summed E-state index contributed by atoms with van der Waals surface area (Å²) >= 11 is 11.8. The summed E-state index contributed by atoms with van der Waals surface area (Å²) in [6, 6.07) is 2.12. The van der Waals surface area contributed by atoms with Crippen molar-refractivity contribution in [1.82, 2.24) is 0 Å². The number of rotatable bonds is 4. The summed E-state index contributed by atoms with van der Waals surface area (Å²) < 4.78 is 49.3. The van der Waals surface area contributed by atoms with Crippen LogP contribution in [0.15, 0.2) is 17.0 Å². The third kappa shape index (κ3) is 3.96. The molecule has 0 radical (unpaired) electrons. The highest BCUT2D eigenvalue weighted by Crippen LogP contribution is 2.36. The highest BCUT2D eigenvalue weighted by molar-refractivity contribution is 8.13. The average Bonchev–Trinajstić information content (AvgIpc) is 2.86. The van der Waals surface area contributed by atoms with Gasteiger partial charge >= 0.3 is 0 Å². The van der Waals surface area contributed by atoms with Gasteiger partial charge in [-0.05, 0) is 25.0 Å². The van der Waals surface area contributed by atoms with Gasteiger partial charge in [0.2, 0.25) is 10.0 Å². The van der Waals surface area contributed by atoms with Crippen LogP contribution < -0.4 is 4.72 Å². The van der Waals surface area contributed by atoms with Gasteiger partial charge in [-0.3, -0.25) is 4.72 Å². The van der Waals surface area contributed by atoms with Crippen LogP contribution in [0, 0.1) is 0 Å². The van der Waals surface area contributed by atoms with Gasteiger partial charge in [-0.1, -0.05) is 36.0 Å². The van der Waals surface area contributed by atoms with Crippen molar-refractivity contribution in [1.29, 1.82) is 0 Å². The van der Waals surface area contributed by atoms with E-state index in [1.54, 1.807) is 0 Å². The minimum Gasteiger partial charge on any atom is -0.280 e. The zero-order valence-corrected chi connectivity index (χ0v) is 14.5. The van der Waals surface area contributed by atoms with Crippen molar-refractivity contribution < 1.29 is 16.8 Å². The highest BCUT2D eigenvalue weighted by atomic mass is 35.7. The van der Waals surface area contributed by atoms with Gasteiger partial charge in [0.25, 0.3) is 9.05 Å². The van der Waals surface area contributed by atoms with Crippen molar-refractivity contribution in [2.75, 3.05) is 4.72 Å². The molecule has 1 saturated carbocycles. The van der Waals surface area contributed by atoms with E-state index < -0.39 is 24.3 Å². The van der Waals surface area contributed by atoms with Gasteiger partial charge in [-0.15, -0.1) is 0 Å². The first-order chi connectivity index (χ1) is 9.61. The second-order valence-electron chi connectivity index (χ2n) is 4.75. The average molecular weight is 393 g/mol. The minimum absolute atomic E-state index is 0.0331. The minimum atomic E-state index is -4.00. The predicted octanol–water partition coefficient (Wildman–Crippen LogP) is 3.61. The van der Waals surface area contributed by atoms with E-state index in [1.807, 2.05) is 0 Å². The van der Waals surface area contributed by atoms with Crippen molar-refractivity contribution in [3.05, 3.63) is 22.2 Å². The number of halogens is 3. The maximum Gasteiger partial charge on any atom is 0.261 e. The SMILES string of the molecule is O=S(=O)(Cl)c1cc(Cl)c(NS(=O)(=O)C2CCCC2)c(Cl)c1. The number of benzene rings is 1. The van der Waals surface area contributed by atoms with E-state index in [2.05, 4.69) is 4.72 Å². The van der Waals surface area contributed by atoms with Crippen LogP contribution in [0.2, 0.25) is 10.0 Å². The molecule has 1 aromatic rings. The first-order valence-electron chi connectivity index (χ1n) is 6.06. The summed E-state index contributed by atoms with van der Waals surface area (Å²) in [7, 11) is -2.40. The number of hydrogen-bond acceptors (Lipinski definition) is 4. The predicted molar refractivity (Wildman–Crippen MR) is 84.3 cm³/mol.